The quantitative estimate of drug-likeness (QED) is 0.413. The van der Waals surface area contributed by atoms with Crippen LogP contribution < -0.4 is 5.73 Å². The standard InChI is InChI=1S/C12H17N5O5/c13-11-8-12(15-3-14-11)17(4-16-8)7-1-5(19)9(20)10(21)6(2-18)22-7/h3-7,9-10,18-21H,1-2H2,(H2,13,14,15)/t5-,6+,7-,9+,10-/m0/s1. The van der Waals surface area contributed by atoms with Crippen LogP contribution in [0.25, 0.3) is 11.2 Å². The van der Waals surface area contributed by atoms with E-state index < -0.39 is 37.3 Å². The van der Waals surface area contributed by atoms with Gasteiger partial charge in [0, 0.05) is 6.42 Å². The maximum Gasteiger partial charge on any atom is 0.167 e. The van der Waals surface area contributed by atoms with Gasteiger partial charge in [-0.1, -0.05) is 0 Å². The number of nitrogen functional groups attached to an aromatic ring is 1. The van der Waals surface area contributed by atoms with Crippen LogP contribution in [0, 0.1) is 0 Å². The third kappa shape index (κ3) is 2.40. The summed E-state index contributed by atoms with van der Waals surface area (Å²) in [6, 6.07) is 0. The third-order valence-electron chi connectivity index (χ3n) is 3.78. The molecular weight excluding hydrogens is 294 g/mol. The zero-order valence-electron chi connectivity index (χ0n) is 11.5. The molecule has 3 rings (SSSR count). The molecule has 0 amide bonds. The van der Waals surface area contributed by atoms with Gasteiger partial charge in [0.2, 0.25) is 0 Å². The van der Waals surface area contributed by atoms with Crippen LogP contribution in [0.4, 0.5) is 5.82 Å². The van der Waals surface area contributed by atoms with Crippen molar-refractivity contribution in [2.75, 3.05) is 12.3 Å². The van der Waals surface area contributed by atoms with E-state index >= 15 is 0 Å². The van der Waals surface area contributed by atoms with Gasteiger partial charge >= 0.3 is 0 Å². The number of nitrogens with zero attached hydrogens (tertiary/aromatic N) is 4. The van der Waals surface area contributed by atoms with Gasteiger partial charge in [0.1, 0.15) is 36.4 Å². The summed E-state index contributed by atoms with van der Waals surface area (Å²) in [4.78, 5) is 12.0. The van der Waals surface area contributed by atoms with E-state index in [2.05, 4.69) is 15.0 Å². The average Bonchev–Trinajstić information content (AvgIpc) is 2.91. The molecule has 0 aliphatic carbocycles. The fourth-order valence-electron chi connectivity index (χ4n) is 2.54. The van der Waals surface area contributed by atoms with Crippen molar-refractivity contribution < 1.29 is 25.2 Å². The number of ether oxygens (including phenoxy) is 1. The number of fused-ring (bicyclic) bond motifs is 1. The van der Waals surface area contributed by atoms with Crippen LogP contribution in [-0.4, -0.2) is 71.0 Å². The molecule has 2 aromatic rings. The zero-order valence-corrected chi connectivity index (χ0v) is 11.5. The molecular formula is C12H17N5O5. The Kier molecular flexibility index (Phi) is 3.93. The van der Waals surface area contributed by atoms with Crippen LogP contribution in [0.3, 0.4) is 0 Å². The highest BCUT2D eigenvalue weighted by Gasteiger charge is 2.39. The van der Waals surface area contributed by atoms with Gasteiger partial charge in [-0.2, -0.15) is 0 Å². The fourth-order valence-corrected chi connectivity index (χ4v) is 2.54. The van der Waals surface area contributed by atoms with Crippen molar-refractivity contribution in [3.8, 4) is 0 Å². The highest BCUT2D eigenvalue weighted by molar-refractivity contribution is 5.81. The molecule has 1 aliphatic rings. The second kappa shape index (κ2) is 5.74. The van der Waals surface area contributed by atoms with Crippen LogP contribution in [-0.2, 0) is 4.74 Å². The fraction of sp³-hybridized carbons (Fsp3) is 0.583. The minimum Gasteiger partial charge on any atom is -0.394 e. The Morgan fingerprint density at radius 1 is 1.23 bits per heavy atom. The van der Waals surface area contributed by atoms with Crippen molar-refractivity contribution >= 4 is 17.0 Å². The highest BCUT2D eigenvalue weighted by atomic mass is 16.5. The van der Waals surface area contributed by atoms with Crippen LogP contribution >= 0.6 is 0 Å². The molecule has 0 radical (unpaired) electrons. The lowest BCUT2D eigenvalue weighted by Gasteiger charge is -2.24. The predicted molar refractivity (Wildman–Crippen MR) is 73.4 cm³/mol. The van der Waals surface area contributed by atoms with Crippen molar-refractivity contribution in [1.82, 2.24) is 19.5 Å². The molecule has 10 heteroatoms. The molecule has 0 spiro atoms. The molecule has 1 saturated heterocycles. The normalized spacial score (nSPS) is 33.0. The number of rotatable bonds is 2. The largest absolute Gasteiger partial charge is 0.394 e. The Hall–Kier alpha value is -1.85. The first-order valence-corrected chi connectivity index (χ1v) is 6.76. The van der Waals surface area contributed by atoms with E-state index in [4.69, 9.17) is 10.5 Å². The van der Waals surface area contributed by atoms with Crippen molar-refractivity contribution in [1.29, 1.82) is 0 Å². The maximum absolute atomic E-state index is 9.97. The minimum atomic E-state index is -1.42. The Morgan fingerprint density at radius 3 is 2.73 bits per heavy atom. The minimum absolute atomic E-state index is 0.00983. The molecule has 0 bridgehead atoms. The average molecular weight is 311 g/mol. The molecule has 1 fully saturated rings. The summed E-state index contributed by atoms with van der Waals surface area (Å²) in [6.07, 6.45) is -3.19. The molecule has 2 aromatic heterocycles. The van der Waals surface area contributed by atoms with E-state index in [9.17, 15) is 20.4 Å². The van der Waals surface area contributed by atoms with Gasteiger partial charge in [-0.25, -0.2) is 15.0 Å². The summed E-state index contributed by atoms with van der Waals surface area (Å²) in [5, 5.41) is 39.0. The summed E-state index contributed by atoms with van der Waals surface area (Å²) in [5.41, 5.74) is 6.49. The lowest BCUT2D eigenvalue weighted by molar-refractivity contribution is -0.130. The molecule has 3 heterocycles. The van der Waals surface area contributed by atoms with Crippen molar-refractivity contribution in [2.24, 2.45) is 0 Å². The molecule has 10 nitrogen and oxygen atoms in total. The predicted octanol–water partition coefficient (Wildman–Crippen LogP) is -2.23. The molecule has 0 saturated carbocycles. The molecule has 1 aliphatic heterocycles. The highest BCUT2D eigenvalue weighted by Crippen LogP contribution is 2.29. The van der Waals surface area contributed by atoms with E-state index in [1.807, 2.05) is 0 Å². The van der Waals surface area contributed by atoms with Crippen LogP contribution in [0.15, 0.2) is 12.7 Å². The molecule has 0 aromatic carbocycles. The first-order valence-electron chi connectivity index (χ1n) is 6.76. The first-order chi connectivity index (χ1) is 10.5. The molecule has 22 heavy (non-hydrogen) atoms. The van der Waals surface area contributed by atoms with Gasteiger partial charge in [-0.3, -0.25) is 4.57 Å². The van der Waals surface area contributed by atoms with Crippen molar-refractivity contribution in [3.05, 3.63) is 12.7 Å². The Bertz CT molecular complexity index is 664. The lowest BCUT2D eigenvalue weighted by Crippen LogP contribution is -2.44. The first kappa shape index (κ1) is 15.1. The Labute approximate surface area is 124 Å². The Balaban J connectivity index is 2.00. The van der Waals surface area contributed by atoms with E-state index in [1.54, 1.807) is 0 Å². The zero-order chi connectivity index (χ0) is 15.9. The van der Waals surface area contributed by atoms with Crippen LogP contribution in [0.1, 0.15) is 12.6 Å². The molecule has 5 atom stereocenters. The number of aromatic nitrogens is 4. The summed E-state index contributed by atoms with van der Waals surface area (Å²) in [6.45, 7) is -0.509. The third-order valence-corrected chi connectivity index (χ3v) is 3.78. The second-order valence-corrected chi connectivity index (χ2v) is 5.18. The van der Waals surface area contributed by atoms with E-state index in [0.717, 1.165) is 0 Å². The van der Waals surface area contributed by atoms with Gasteiger partial charge in [-0.15, -0.1) is 0 Å². The lowest BCUT2D eigenvalue weighted by atomic mass is 10.0. The summed E-state index contributed by atoms with van der Waals surface area (Å²) >= 11 is 0. The SMILES string of the molecule is Nc1ncnc2c1ncn2[C@@H]1C[C@H](O)[C@@H](O)[C@@H](O)[C@@H](CO)O1. The number of aliphatic hydroxyl groups excluding tert-OH is 4. The van der Waals surface area contributed by atoms with Crippen molar-refractivity contribution in [3.63, 3.8) is 0 Å². The molecule has 6 N–H and O–H groups in total. The van der Waals surface area contributed by atoms with Crippen molar-refractivity contribution in [2.45, 2.75) is 37.1 Å². The molecule has 0 unspecified atom stereocenters. The number of aliphatic hydroxyl groups is 4. The van der Waals surface area contributed by atoms with Crippen LogP contribution in [0.5, 0.6) is 0 Å². The number of nitrogens with two attached hydrogens (primary N) is 1. The van der Waals surface area contributed by atoms with Gasteiger partial charge in [0.15, 0.2) is 11.5 Å². The van der Waals surface area contributed by atoms with Gasteiger partial charge in [-0.05, 0) is 0 Å². The monoisotopic (exact) mass is 311 g/mol. The maximum atomic E-state index is 9.97. The smallest absolute Gasteiger partial charge is 0.167 e. The van der Waals surface area contributed by atoms with E-state index in [-0.39, 0.29) is 12.2 Å². The van der Waals surface area contributed by atoms with Gasteiger partial charge in [0.05, 0.1) is 19.0 Å². The van der Waals surface area contributed by atoms with Gasteiger partial charge < -0.3 is 30.9 Å². The summed E-state index contributed by atoms with van der Waals surface area (Å²) < 4.78 is 7.13. The number of anilines is 1. The number of hydrogen-bond donors (Lipinski definition) is 5. The number of imidazole rings is 1. The van der Waals surface area contributed by atoms with Crippen LogP contribution in [0.2, 0.25) is 0 Å². The Morgan fingerprint density at radius 2 is 2.00 bits per heavy atom. The summed E-state index contributed by atoms with van der Waals surface area (Å²) in [5.74, 6) is 0.205. The van der Waals surface area contributed by atoms with E-state index in [0.29, 0.717) is 11.2 Å². The van der Waals surface area contributed by atoms with Gasteiger partial charge in [0.25, 0.3) is 0 Å². The molecule has 120 valence electrons. The van der Waals surface area contributed by atoms with E-state index in [1.165, 1.54) is 17.2 Å². The topological polar surface area (TPSA) is 160 Å². The number of hydrogen-bond acceptors (Lipinski definition) is 9. The second-order valence-electron chi connectivity index (χ2n) is 5.18. The summed E-state index contributed by atoms with van der Waals surface area (Å²) in [7, 11) is 0.